The molecule has 0 bridgehead atoms. The summed E-state index contributed by atoms with van der Waals surface area (Å²) in [6.07, 6.45) is 3.63. The first-order valence-electron chi connectivity index (χ1n) is 30.7. The summed E-state index contributed by atoms with van der Waals surface area (Å²) in [5.41, 5.74) is 20.9. The quantitative estimate of drug-likeness (QED) is 0.102. The van der Waals surface area contributed by atoms with Crippen LogP contribution in [0.4, 0.5) is 25.8 Å². The lowest BCUT2D eigenvalue weighted by Crippen LogP contribution is -2.29. The van der Waals surface area contributed by atoms with Gasteiger partial charge in [-0.05, 0) is 228 Å². The molecule has 91 heavy (non-hydrogen) atoms. The van der Waals surface area contributed by atoms with E-state index in [1.807, 2.05) is 129 Å². The summed E-state index contributed by atoms with van der Waals surface area (Å²) in [6, 6.07) is 103. The Hall–Kier alpha value is -11.4. The molecule has 0 saturated heterocycles. The maximum absolute atomic E-state index is 15.8. The van der Waals surface area contributed by atoms with Crippen LogP contribution in [0.5, 0.6) is 23.0 Å². The highest BCUT2D eigenvalue weighted by Crippen LogP contribution is 2.60. The molecule has 436 valence electrons. The summed E-state index contributed by atoms with van der Waals surface area (Å²) < 4.78 is 44.5. The molecule has 13 aromatic carbocycles. The molecule has 13 aromatic rings. The number of hydrogen-bond donors (Lipinski definition) is 0. The Bertz CT molecular complexity index is 4710. The van der Waals surface area contributed by atoms with Crippen molar-refractivity contribution in [3.05, 3.63) is 389 Å². The van der Waals surface area contributed by atoms with Crippen molar-refractivity contribution in [2.24, 2.45) is 0 Å². The number of ether oxygens (including phenoxy) is 2. The van der Waals surface area contributed by atoms with E-state index in [9.17, 15) is 0 Å². The van der Waals surface area contributed by atoms with E-state index < -0.39 is 10.8 Å². The first-order chi connectivity index (χ1) is 44.6. The van der Waals surface area contributed by atoms with Gasteiger partial charge in [0.2, 0.25) is 0 Å². The summed E-state index contributed by atoms with van der Waals surface area (Å²) in [5.74, 6) is 2.26. The Morgan fingerprint density at radius 3 is 1.12 bits per heavy atom. The standard InChI is InChI=1S/C86H61F2NO2/c1-5-58-26-38-71(39-27-58)90-73-42-30-64(31-43-73)85(66-34-48-83(87)56(3)50-66)79-24-12-10-22-75(79)77-46-36-69(54-81(77)85)89(68-21-15-20-63(53-68)62-19-14-18-61(52-62)60-16-8-7-9-17-60)70-37-47-78-76-23-11-13-25-80(76)86(82(78)55-70,67-35-49-84(88)57(4)51-67)65-32-44-74(45-33-65)91-72-40-28-59(6-2)29-41-72/h5-55H,1-2H2,3-4H3. The summed E-state index contributed by atoms with van der Waals surface area (Å²) in [5, 5.41) is 0. The molecule has 2 unspecified atom stereocenters. The fraction of sp³-hybridized carbons (Fsp3) is 0.0465. The molecule has 0 spiro atoms. The van der Waals surface area contributed by atoms with Gasteiger partial charge in [-0.3, -0.25) is 0 Å². The van der Waals surface area contributed by atoms with Gasteiger partial charge in [0.25, 0.3) is 0 Å². The maximum atomic E-state index is 15.8. The van der Waals surface area contributed by atoms with Gasteiger partial charge in [-0.2, -0.15) is 0 Å². The van der Waals surface area contributed by atoms with Crippen LogP contribution in [0, 0.1) is 25.5 Å². The van der Waals surface area contributed by atoms with Crippen molar-refractivity contribution in [2.75, 3.05) is 4.90 Å². The van der Waals surface area contributed by atoms with Gasteiger partial charge in [0.15, 0.2) is 0 Å². The lowest BCUT2D eigenvalue weighted by molar-refractivity contribution is 0.482. The van der Waals surface area contributed by atoms with Crippen LogP contribution in [0.3, 0.4) is 0 Å². The largest absolute Gasteiger partial charge is 0.457 e. The highest BCUT2D eigenvalue weighted by molar-refractivity contribution is 5.93. The van der Waals surface area contributed by atoms with Crippen molar-refractivity contribution in [3.63, 3.8) is 0 Å². The van der Waals surface area contributed by atoms with E-state index >= 15 is 8.78 Å². The SMILES string of the molecule is C=Cc1ccc(Oc2ccc(C3(c4ccc(F)c(C)c4)c4ccccc4-c4ccc(N(c5cccc(-c6cccc(-c7ccccc7)c6)c5)c5ccc6c(c5)C(c5ccc(Oc7ccc(C=C)cc7)cc5)(c5ccc(F)c(C)c5)c5ccccc5-6)cc43)cc2)cc1. The summed E-state index contributed by atoms with van der Waals surface area (Å²) in [4.78, 5) is 2.38. The molecular formula is C86H61F2NO2. The average molecular weight is 1180 g/mol. The second kappa shape index (κ2) is 23.0. The van der Waals surface area contributed by atoms with Gasteiger partial charge in [0.05, 0.1) is 10.8 Å². The van der Waals surface area contributed by atoms with Crippen molar-refractivity contribution in [2.45, 2.75) is 24.7 Å². The highest BCUT2D eigenvalue weighted by atomic mass is 19.1. The Labute approximate surface area is 530 Å². The van der Waals surface area contributed by atoms with Gasteiger partial charge in [0, 0.05) is 17.1 Å². The fourth-order valence-electron chi connectivity index (χ4n) is 14.1. The van der Waals surface area contributed by atoms with Gasteiger partial charge >= 0.3 is 0 Å². The third-order valence-corrected chi connectivity index (χ3v) is 18.4. The van der Waals surface area contributed by atoms with Crippen LogP contribution in [0.25, 0.3) is 56.7 Å². The van der Waals surface area contributed by atoms with Crippen LogP contribution in [-0.4, -0.2) is 0 Å². The summed E-state index contributed by atoms with van der Waals surface area (Å²) in [7, 11) is 0. The number of nitrogens with zero attached hydrogens (tertiary/aromatic N) is 1. The van der Waals surface area contributed by atoms with E-state index in [1.54, 1.807) is 12.1 Å². The monoisotopic (exact) mass is 1180 g/mol. The van der Waals surface area contributed by atoms with E-state index in [0.717, 1.165) is 117 Å². The summed E-state index contributed by atoms with van der Waals surface area (Å²) in [6.45, 7) is 11.5. The molecule has 2 aliphatic rings. The van der Waals surface area contributed by atoms with Crippen LogP contribution >= 0.6 is 0 Å². The van der Waals surface area contributed by atoms with E-state index in [0.29, 0.717) is 34.1 Å². The van der Waals surface area contributed by atoms with Crippen molar-refractivity contribution in [1.29, 1.82) is 0 Å². The van der Waals surface area contributed by atoms with Crippen LogP contribution in [0.2, 0.25) is 0 Å². The van der Waals surface area contributed by atoms with Crippen molar-refractivity contribution in [1.82, 2.24) is 0 Å². The Morgan fingerprint density at radius 1 is 0.308 bits per heavy atom. The molecule has 0 amide bonds. The third-order valence-electron chi connectivity index (χ3n) is 18.4. The smallest absolute Gasteiger partial charge is 0.127 e. The minimum absolute atomic E-state index is 0.268. The number of halogens is 2. The fourth-order valence-corrected chi connectivity index (χ4v) is 14.1. The molecular weight excluding hydrogens is 1120 g/mol. The maximum Gasteiger partial charge on any atom is 0.127 e. The van der Waals surface area contributed by atoms with E-state index in [1.165, 1.54) is 0 Å². The molecule has 0 aromatic heterocycles. The third kappa shape index (κ3) is 9.65. The highest BCUT2D eigenvalue weighted by Gasteiger charge is 2.49. The molecule has 15 rings (SSSR count). The minimum Gasteiger partial charge on any atom is -0.457 e. The molecule has 0 N–H and O–H groups in total. The zero-order valence-electron chi connectivity index (χ0n) is 50.4. The number of aryl methyl sites for hydroxylation is 2. The van der Waals surface area contributed by atoms with Crippen LogP contribution < -0.4 is 14.4 Å². The van der Waals surface area contributed by atoms with Gasteiger partial charge in [-0.25, -0.2) is 8.78 Å². The van der Waals surface area contributed by atoms with Gasteiger partial charge in [-0.1, -0.05) is 219 Å². The van der Waals surface area contributed by atoms with Crippen LogP contribution in [-0.2, 0) is 10.8 Å². The number of hydrogen-bond acceptors (Lipinski definition) is 3. The van der Waals surface area contributed by atoms with Crippen LogP contribution in [0.1, 0.15) is 66.8 Å². The molecule has 0 radical (unpaired) electrons. The number of anilines is 3. The normalized spacial score (nSPS) is 15.0. The van der Waals surface area contributed by atoms with Gasteiger partial charge < -0.3 is 14.4 Å². The molecule has 0 aliphatic heterocycles. The zero-order chi connectivity index (χ0) is 61.8. The second-order valence-corrected chi connectivity index (χ2v) is 23.6. The molecule has 3 nitrogen and oxygen atoms in total. The average Bonchev–Trinajstić information content (AvgIpc) is 1.58. The lowest BCUT2D eigenvalue weighted by Gasteiger charge is -2.36. The van der Waals surface area contributed by atoms with Gasteiger partial charge in [-0.15, -0.1) is 0 Å². The predicted molar refractivity (Wildman–Crippen MR) is 369 cm³/mol. The molecule has 2 aliphatic carbocycles. The molecule has 0 fully saturated rings. The molecule has 0 heterocycles. The molecule has 0 saturated carbocycles. The Kier molecular flexibility index (Phi) is 14.2. The van der Waals surface area contributed by atoms with Crippen molar-refractivity contribution >= 4 is 29.2 Å². The van der Waals surface area contributed by atoms with Gasteiger partial charge in [0.1, 0.15) is 34.6 Å². The second-order valence-electron chi connectivity index (χ2n) is 23.6. The zero-order valence-corrected chi connectivity index (χ0v) is 50.4. The van der Waals surface area contributed by atoms with E-state index in [4.69, 9.17) is 9.47 Å². The first-order valence-corrected chi connectivity index (χ1v) is 30.7. The predicted octanol–water partition coefficient (Wildman–Crippen LogP) is 23.0. The number of benzene rings is 13. The molecule has 5 heteroatoms. The Morgan fingerprint density at radius 2 is 0.670 bits per heavy atom. The van der Waals surface area contributed by atoms with Crippen LogP contribution in [0.15, 0.2) is 310 Å². The van der Waals surface area contributed by atoms with Crippen molar-refractivity contribution < 1.29 is 18.3 Å². The number of rotatable bonds is 15. The lowest BCUT2D eigenvalue weighted by atomic mass is 9.67. The molecule has 2 atom stereocenters. The minimum atomic E-state index is -0.921. The topological polar surface area (TPSA) is 21.7 Å². The number of fused-ring (bicyclic) bond motifs is 6. The summed E-state index contributed by atoms with van der Waals surface area (Å²) >= 11 is 0. The Balaban J connectivity index is 0.955. The van der Waals surface area contributed by atoms with E-state index in [2.05, 4.69) is 200 Å². The van der Waals surface area contributed by atoms with Crippen molar-refractivity contribution in [3.8, 4) is 67.5 Å². The first kappa shape index (κ1) is 56.1. The van der Waals surface area contributed by atoms with E-state index in [-0.39, 0.29) is 11.6 Å².